The molecular weight excluding hydrogens is 556 g/mol. The van der Waals surface area contributed by atoms with Crippen molar-refractivity contribution in [3.8, 4) is 56.0 Å². The van der Waals surface area contributed by atoms with Crippen LogP contribution in [0.25, 0.3) is 66.1 Å². The van der Waals surface area contributed by atoms with Crippen molar-refractivity contribution in [3.63, 3.8) is 0 Å². The van der Waals surface area contributed by atoms with Crippen LogP contribution in [-0.4, -0.2) is 0 Å². The lowest BCUT2D eigenvalue weighted by atomic mass is 9.61. The summed E-state index contributed by atoms with van der Waals surface area (Å²) >= 11 is 0. The quantitative estimate of drug-likeness (QED) is 0.187. The summed E-state index contributed by atoms with van der Waals surface area (Å²) in [5, 5.41) is 5.02. The fourth-order valence-electron chi connectivity index (χ4n) is 8.93. The standard InChI is InChI=1S/C45H26O/c1-4-17-36-31(13-1)33-25-23-29(30-24-22-28-12-9-21-41-43(28)44(30)35-15-3-6-20-40(35)46-41)26-39(33)45(36)37-18-5-2-14-32(37)34-16-7-10-27-11-8-19-38(45)42(27)34/h1-26H. The van der Waals surface area contributed by atoms with E-state index in [2.05, 4.69) is 158 Å². The van der Waals surface area contributed by atoms with E-state index in [9.17, 15) is 0 Å². The maximum Gasteiger partial charge on any atom is 0.135 e. The van der Waals surface area contributed by atoms with E-state index in [0.717, 1.165) is 17.1 Å². The number of rotatable bonds is 1. The van der Waals surface area contributed by atoms with Crippen molar-refractivity contribution < 1.29 is 4.74 Å². The SMILES string of the molecule is c1ccc2c(c1)Oc1cccc3ccc(-c4ccc5c(c4)C4(c6ccccc6-5)c5ccccc5-c5cccc6cccc4c56)c-2c13. The highest BCUT2D eigenvalue weighted by atomic mass is 16.5. The molecule has 1 atom stereocenters. The molecule has 46 heavy (non-hydrogen) atoms. The fourth-order valence-corrected chi connectivity index (χ4v) is 8.93. The summed E-state index contributed by atoms with van der Waals surface area (Å²) < 4.78 is 6.45. The van der Waals surface area contributed by atoms with Crippen LogP contribution >= 0.6 is 0 Å². The van der Waals surface area contributed by atoms with Gasteiger partial charge in [0.05, 0.1) is 5.41 Å². The molecule has 8 aromatic rings. The summed E-state index contributed by atoms with van der Waals surface area (Å²) in [6.07, 6.45) is 0. The molecule has 3 aliphatic rings. The Bertz CT molecular complexity index is 2620. The molecule has 1 aliphatic heterocycles. The molecule has 0 N–H and O–H groups in total. The number of hydrogen-bond donors (Lipinski definition) is 0. The van der Waals surface area contributed by atoms with Gasteiger partial charge in [-0.1, -0.05) is 140 Å². The van der Waals surface area contributed by atoms with Crippen molar-refractivity contribution in [3.05, 3.63) is 180 Å². The van der Waals surface area contributed by atoms with Gasteiger partial charge in [-0.05, 0) is 90.0 Å². The van der Waals surface area contributed by atoms with Gasteiger partial charge < -0.3 is 4.74 Å². The van der Waals surface area contributed by atoms with E-state index in [0.29, 0.717) is 0 Å². The van der Waals surface area contributed by atoms with E-state index in [1.54, 1.807) is 0 Å². The normalized spacial score (nSPS) is 16.1. The fraction of sp³-hybridized carbons (Fsp3) is 0.0222. The van der Waals surface area contributed by atoms with Crippen molar-refractivity contribution in [2.45, 2.75) is 5.41 Å². The third-order valence-corrected chi connectivity index (χ3v) is 10.7. The average Bonchev–Trinajstić information content (AvgIpc) is 3.41. The summed E-state index contributed by atoms with van der Waals surface area (Å²) in [5.41, 5.74) is 15.1. The third-order valence-electron chi connectivity index (χ3n) is 10.7. The maximum atomic E-state index is 6.45. The lowest BCUT2D eigenvalue weighted by molar-refractivity contribution is 0.487. The largest absolute Gasteiger partial charge is 0.456 e. The molecule has 0 fully saturated rings. The minimum atomic E-state index is -0.438. The van der Waals surface area contributed by atoms with Crippen LogP contribution in [0.5, 0.6) is 11.5 Å². The highest BCUT2D eigenvalue weighted by Crippen LogP contribution is 2.62. The summed E-state index contributed by atoms with van der Waals surface area (Å²) in [7, 11) is 0. The second-order valence-electron chi connectivity index (χ2n) is 12.8. The minimum Gasteiger partial charge on any atom is -0.456 e. The highest BCUT2D eigenvalue weighted by Gasteiger charge is 2.50. The van der Waals surface area contributed by atoms with Crippen molar-refractivity contribution in [1.29, 1.82) is 0 Å². The van der Waals surface area contributed by atoms with E-state index >= 15 is 0 Å². The first-order valence-corrected chi connectivity index (χ1v) is 16.0. The molecule has 212 valence electrons. The van der Waals surface area contributed by atoms with Gasteiger partial charge in [0.15, 0.2) is 0 Å². The van der Waals surface area contributed by atoms with E-state index < -0.39 is 5.41 Å². The molecule has 0 radical (unpaired) electrons. The van der Waals surface area contributed by atoms with Gasteiger partial charge in [-0.25, -0.2) is 0 Å². The number of ether oxygens (including phenoxy) is 1. The second-order valence-corrected chi connectivity index (χ2v) is 12.8. The molecule has 0 saturated carbocycles. The first-order valence-electron chi connectivity index (χ1n) is 16.0. The van der Waals surface area contributed by atoms with Crippen LogP contribution in [0.2, 0.25) is 0 Å². The maximum absolute atomic E-state index is 6.45. The van der Waals surface area contributed by atoms with Crippen molar-refractivity contribution in [2.75, 3.05) is 0 Å². The third kappa shape index (κ3) is 2.87. The Kier molecular flexibility index (Phi) is 4.57. The van der Waals surface area contributed by atoms with Crippen LogP contribution in [0.4, 0.5) is 0 Å². The number of hydrogen-bond acceptors (Lipinski definition) is 1. The van der Waals surface area contributed by atoms with Gasteiger partial charge in [-0.15, -0.1) is 0 Å². The zero-order chi connectivity index (χ0) is 30.0. The highest BCUT2D eigenvalue weighted by molar-refractivity contribution is 6.11. The van der Waals surface area contributed by atoms with Crippen molar-refractivity contribution in [1.82, 2.24) is 0 Å². The minimum absolute atomic E-state index is 0.438. The Balaban J connectivity index is 1.28. The zero-order valence-corrected chi connectivity index (χ0v) is 24.9. The van der Waals surface area contributed by atoms with Gasteiger partial charge in [0.2, 0.25) is 0 Å². The molecule has 8 aromatic carbocycles. The molecule has 1 unspecified atom stereocenters. The van der Waals surface area contributed by atoms with Crippen LogP contribution in [0.3, 0.4) is 0 Å². The van der Waals surface area contributed by atoms with Crippen LogP contribution in [0.1, 0.15) is 22.3 Å². The Morgan fingerprint density at radius 3 is 1.74 bits per heavy atom. The summed E-state index contributed by atoms with van der Waals surface area (Å²) in [5.74, 6) is 1.83. The topological polar surface area (TPSA) is 9.23 Å². The smallest absolute Gasteiger partial charge is 0.135 e. The Morgan fingerprint density at radius 2 is 0.913 bits per heavy atom. The van der Waals surface area contributed by atoms with Crippen LogP contribution < -0.4 is 4.74 Å². The Labute approximate surface area is 267 Å². The van der Waals surface area contributed by atoms with E-state index in [-0.39, 0.29) is 0 Å². The number of benzene rings is 8. The van der Waals surface area contributed by atoms with Crippen molar-refractivity contribution in [2.24, 2.45) is 0 Å². The molecular formula is C45H26O. The molecule has 0 saturated heterocycles. The molecule has 0 amide bonds. The lowest BCUT2D eigenvalue weighted by Crippen LogP contribution is -2.31. The van der Waals surface area contributed by atoms with Gasteiger partial charge in [-0.3, -0.25) is 0 Å². The zero-order valence-electron chi connectivity index (χ0n) is 24.9. The predicted molar refractivity (Wildman–Crippen MR) is 189 cm³/mol. The molecule has 0 aromatic heterocycles. The molecule has 2 aliphatic carbocycles. The lowest BCUT2D eigenvalue weighted by Gasteiger charge is -2.40. The Morgan fingerprint density at radius 1 is 0.348 bits per heavy atom. The predicted octanol–water partition coefficient (Wildman–Crippen LogP) is 11.8. The molecule has 1 nitrogen and oxygen atoms in total. The van der Waals surface area contributed by atoms with E-state index in [1.807, 2.05) is 0 Å². The molecule has 1 heterocycles. The number of fused-ring (bicyclic) bond motifs is 11. The molecule has 0 bridgehead atoms. The first-order chi connectivity index (χ1) is 22.8. The summed E-state index contributed by atoms with van der Waals surface area (Å²) in [6, 6.07) is 58.4. The van der Waals surface area contributed by atoms with Gasteiger partial charge >= 0.3 is 0 Å². The number of para-hydroxylation sites is 1. The summed E-state index contributed by atoms with van der Waals surface area (Å²) in [4.78, 5) is 0. The van der Waals surface area contributed by atoms with Crippen LogP contribution in [0, 0.1) is 0 Å². The van der Waals surface area contributed by atoms with Gasteiger partial charge in [0.25, 0.3) is 0 Å². The van der Waals surface area contributed by atoms with Gasteiger partial charge in [-0.2, -0.15) is 0 Å². The molecule has 1 heteroatoms. The van der Waals surface area contributed by atoms with Crippen molar-refractivity contribution >= 4 is 21.5 Å². The monoisotopic (exact) mass is 582 g/mol. The average molecular weight is 583 g/mol. The van der Waals surface area contributed by atoms with Gasteiger partial charge in [0, 0.05) is 16.5 Å². The van der Waals surface area contributed by atoms with Crippen LogP contribution in [-0.2, 0) is 5.41 Å². The Hall–Kier alpha value is -5.92. The molecule has 1 spiro atoms. The first kappa shape index (κ1) is 24.4. The summed E-state index contributed by atoms with van der Waals surface area (Å²) in [6.45, 7) is 0. The second kappa shape index (κ2) is 8.62. The van der Waals surface area contributed by atoms with Gasteiger partial charge in [0.1, 0.15) is 11.5 Å². The molecule has 11 rings (SSSR count). The van der Waals surface area contributed by atoms with Crippen LogP contribution in [0.15, 0.2) is 158 Å². The van der Waals surface area contributed by atoms with E-state index in [4.69, 9.17) is 4.74 Å². The van der Waals surface area contributed by atoms with E-state index in [1.165, 1.54) is 82.7 Å².